The Labute approximate surface area is 221 Å². The molecule has 2 aromatic heterocycles. The van der Waals surface area contributed by atoms with Gasteiger partial charge in [0.1, 0.15) is 0 Å². The normalized spacial score (nSPS) is 16.9. The SMILES string of the molecule is COc1ccc(Nc2nc(-c3ccc4c(CC5CC(O)C5)cn(C(C)C)c4c3)cnc2C(N)=O)cc1OC. The molecule has 9 nitrogen and oxygen atoms in total. The molecule has 0 unspecified atom stereocenters. The quantitative estimate of drug-likeness (QED) is 0.291. The highest BCUT2D eigenvalue weighted by Gasteiger charge is 2.28. The van der Waals surface area contributed by atoms with Gasteiger partial charge in [-0.1, -0.05) is 12.1 Å². The first-order chi connectivity index (χ1) is 18.3. The number of nitrogens with one attached hydrogen (secondary N) is 1. The van der Waals surface area contributed by atoms with Crippen molar-refractivity contribution in [2.24, 2.45) is 11.7 Å². The molecule has 4 aromatic rings. The van der Waals surface area contributed by atoms with Gasteiger partial charge in [-0.25, -0.2) is 9.97 Å². The fourth-order valence-electron chi connectivity index (χ4n) is 5.10. The Balaban J connectivity index is 1.52. The van der Waals surface area contributed by atoms with Gasteiger partial charge in [0.05, 0.1) is 32.2 Å². The van der Waals surface area contributed by atoms with Crippen LogP contribution in [0.5, 0.6) is 11.5 Å². The number of aliphatic hydroxyl groups excluding tert-OH is 1. The van der Waals surface area contributed by atoms with Crippen LogP contribution < -0.4 is 20.5 Å². The molecule has 2 heterocycles. The first-order valence-electron chi connectivity index (χ1n) is 12.7. The van der Waals surface area contributed by atoms with Gasteiger partial charge >= 0.3 is 0 Å². The van der Waals surface area contributed by atoms with Crippen molar-refractivity contribution in [2.75, 3.05) is 19.5 Å². The van der Waals surface area contributed by atoms with Crippen molar-refractivity contribution in [3.8, 4) is 22.8 Å². The predicted molar refractivity (Wildman–Crippen MR) is 147 cm³/mol. The van der Waals surface area contributed by atoms with Gasteiger partial charge in [0.25, 0.3) is 5.91 Å². The van der Waals surface area contributed by atoms with Gasteiger partial charge in [-0.2, -0.15) is 0 Å². The summed E-state index contributed by atoms with van der Waals surface area (Å²) in [6.07, 6.45) is 6.33. The summed E-state index contributed by atoms with van der Waals surface area (Å²) in [7, 11) is 3.12. The van der Waals surface area contributed by atoms with Crippen molar-refractivity contribution in [3.05, 3.63) is 60.0 Å². The van der Waals surface area contributed by atoms with E-state index in [2.05, 4.69) is 47.0 Å². The minimum absolute atomic E-state index is 0.0418. The molecule has 1 amide bonds. The smallest absolute Gasteiger partial charge is 0.271 e. The third-order valence-corrected chi connectivity index (χ3v) is 7.14. The number of nitrogens with zero attached hydrogens (tertiary/aromatic N) is 3. The van der Waals surface area contributed by atoms with Crippen LogP contribution in [0.15, 0.2) is 48.8 Å². The standard InChI is InChI=1S/C29H33N5O4/c1-16(2)34-15-19(9-17-10-21(35)11-17)22-7-5-18(12-24(22)34)23-14-31-27(28(30)36)29(33-23)32-20-6-8-25(37-3)26(13-20)38-4/h5-8,12-17,21,35H,9-11H2,1-4H3,(H2,30,36)(H,32,33). The Morgan fingerprint density at radius 1 is 1.16 bits per heavy atom. The van der Waals surface area contributed by atoms with Crippen LogP contribution in [0.3, 0.4) is 0 Å². The summed E-state index contributed by atoms with van der Waals surface area (Å²) in [6, 6.07) is 11.9. The zero-order valence-electron chi connectivity index (χ0n) is 22.1. The van der Waals surface area contributed by atoms with E-state index in [9.17, 15) is 9.90 Å². The Kier molecular flexibility index (Phi) is 6.94. The van der Waals surface area contributed by atoms with Crippen molar-refractivity contribution in [3.63, 3.8) is 0 Å². The highest BCUT2D eigenvalue weighted by atomic mass is 16.5. The van der Waals surface area contributed by atoms with Crippen molar-refractivity contribution < 1.29 is 19.4 Å². The van der Waals surface area contributed by atoms with Crippen LogP contribution in [0.2, 0.25) is 0 Å². The summed E-state index contributed by atoms with van der Waals surface area (Å²) in [6.45, 7) is 4.32. The number of hydrogen-bond acceptors (Lipinski definition) is 7. The second-order valence-corrected chi connectivity index (χ2v) is 10.1. The van der Waals surface area contributed by atoms with E-state index in [0.717, 1.165) is 30.3 Å². The van der Waals surface area contributed by atoms with Crippen LogP contribution in [-0.4, -0.2) is 45.9 Å². The Bertz CT molecular complexity index is 1490. The minimum Gasteiger partial charge on any atom is -0.493 e. The number of aromatic nitrogens is 3. The van der Waals surface area contributed by atoms with Crippen LogP contribution in [0.25, 0.3) is 22.2 Å². The second kappa shape index (κ2) is 10.3. The maximum Gasteiger partial charge on any atom is 0.271 e. The fourth-order valence-corrected chi connectivity index (χ4v) is 5.10. The van der Waals surface area contributed by atoms with E-state index in [1.807, 2.05) is 6.07 Å². The number of anilines is 2. The summed E-state index contributed by atoms with van der Waals surface area (Å²) in [5, 5.41) is 14.1. The van der Waals surface area contributed by atoms with Gasteiger partial charge in [-0.3, -0.25) is 4.79 Å². The number of carbonyl (C=O) groups is 1. The van der Waals surface area contributed by atoms with Gasteiger partial charge < -0.3 is 30.2 Å². The number of hydrogen-bond donors (Lipinski definition) is 3. The van der Waals surface area contributed by atoms with E-state index >= 15 is 0 Å². The molecule has 1 aliphatic carbocycles. The largest absolute Gasteiger partial charge is 0.493 e. The Morgan fingerprint density at radius 3 is 2.58 bits per heavy atom. The molecule has 0 bridgehead atoms. The number of rotatable bonds is 9. The molecule has 1 fully saturated rings. The van der Waals surface area contributed by atoms with Crippen molar-refractivity contribution in [1.82, 2.24) is 14.5 Å². The first-order valence-corrected chi connectivity index (χ1v) is 12.7. The summed E-state index contributed by atoms with van der Waals surface area (Å²) in [4.78, 5) is 21.2. The minimum atomic E-state index is -0.679. The molecule has 1 saturated carbocycles. The number of aliphatic hydroxyl groups is 1. The van der Waals surface area contributed by atoms with Crippen molar-refractivity contribution >= 4 is 28.3 Å². The van der Waals surface area contributed by atoms with Crippen LogP contribution in [-0.2, 0) is 6.42 Å². The molecule has 0 aliphatic heterocycles. The molecule has 0 radical (unpaired) electrons. The zero-order chi connectivity index (χ0) is 27.0. The highest BCUT2D eigenvalue weighted by molar-refractivity contribution is 5.97. The average Bonchev–Trinajstić information content (AvgIpc) is 3.25. The average molecular weight is 516 g/mol. The van der Waals surface area contributed by atoms with Crippen LogP contribution in [0, 0.1) is 5.92 Å². The molecule has 0 spiro atoms. The molecule has 0 saturated heterocycles. The molecular weight excluding hydrogens is 482 g/mol. The lowest BCUT2D eigenvalue weighted by Crippen LogP contribution is -2.29. The van der Waals surface area contributed by atoms with Gasteiger partial charge in [0.15, 0.2) is 23.0 Å². The number of amides is 1. The molecular formula is C29H33N5O4. The second-order valence-electron chi connectivity index (χ2n) is 10.1. The van der Waals surface area contributed by atoms with Crippen LogP contribution >= 0.6 is 0 Å². The molecule has 198 valence electrons. The third-order valence-electron chi connectivity index (χ3n) is 7.14. The van der Waals surface area contributed by atoms with Crippen molar-refractivity contribution in [2.45, 2.75) is 45.3 Å². The summed E-state index contributed by atoms with van der Waals surface area (Å²) in [5.74, 6) is 1.22. The lowest BCUT2D eigenvalue weighted by atomic mass is 9.78. The molecule has 1 aliphatic rings. The van der Waals surface area contributed by atoms with E-state index in [1.54, 1.807) is 38.6 Å². The van der Waals surface area contributed by atoms with Gasteiger partial charge in [0, 0.05) is 40.5 Å². The summed E-state index contributed by atoms with van der Waals surface area (Å²) < 4.78 is 13.0. The predicted octanol–water partition coefficient (Wildman–Crippen LogP) is 4.85. The first kappa shape index (κ1) is 25.5. The van der Waals surface area contributed by atoms with Crippen molar-refractivity contribution in [1.29, 1.82) is 0 Å². The summed E-state index contributed by atoms with van der Waals surface area (Å²) >= 11 is 0. The molecule has 9 heteroatoms. The third kappa shape index (κ3) is 4.89. The zero-order valence-corrected chi connectivity index (χ0v) is 22.1. The van der Waals surface area contributed by atoms with Crippen LogP contribution in [0.1, 0.15) is 48.8 Å². The maximum atomic E-state index is 12.1. The Morgan fingerprint density at radius 2 is 1.92 bits per heavy atom. The number of carbonyl (C=O) groups excluding carboxylic acids is 1. The summed E-state index contributed by atoms with van der Waals surface area (Å²) in [5.41, 5.74) is 10.2. The molecule has 2 aromatic carbocycles. The topological polar surface area (TPSA) is 125 Å². The number of fused-ring (bicyclic) bond motifs is 1. The van der Waals surface area contributed by atoms with E-state index in [0.29, 0.717) is 28.8 Å². The Hall–Kier alpha value is -4.11. The van der Waals surface area contributed by atoms with E-state index in [1.165, 1.54) is 10.9 Å². The number of ether oxygens (including phenoxy) is 2. The molecule has 0 atom stereocenters. The number of benzene rings is 2. The van der Waals surface area contributed by atoms with Gasteiger partial charge in [0.2, 0.25) is 0 Å². The van der Waals surface area contributed by atoms with Crippen LogP contribution in [0.4, 0.5) is 11.5 Å². The fraction of sp³-hybridized carbons (Fsp3) is 0.345. The molecule has 4 N–H and O–H groups in total. The van der Waals surface area contributed by atoms with Gasteiger partial charge in [-0.05, 0) is 62.8 Å². The maximum absolute atomic E-state index is 12.1. The number of nitrogens with two attached hydrogens (primary N) is 1. The highest BCUT2D eigenvalue weighted by Crippen LogP contribution is 2.36. The number of methoxy groups -OCH3 is 2. The monoisotopic (exact) mass is 515 g/mol. The van der Waals surface area contributed by atoms with Gasteiger partial charge in [-0.15, -0.1) is 0 Å². The molecule has 38 heavy (non-hydrogen) atoms. The lowest BCUT2D eigenvalue weighted by Gasteiger charge is -2.31. The van der Waals surface area contributed by atoms with E-state index in [4.69, 9.17) is 20.2 Å². The lowest BCUT2D eigenvalue weighted by molar-refractivity contribution is 0.0433. The molecule has 5 rings (SSSR count). The number of primary amides is 1. The van der Waals surface area contributed by atoms with E-state index in [-0.39, 0.29) is 23.7 Å². The van der Waals surface area contributed by atoms with E-state index < -0.39 is 5.91 Å².